The van der Waals surface area contributed by atoms with Gasteiger partial charge in [-0.15, -0.1) is 0 Å². The summed E-state index contributed by atoms with van der Waals surface area (Å²) in [6, 6.07) is 13.1. The highest BCUT2D eigenvalue weighted by molar-refractivity contribution is 6.36. The van der Waals surface area contributed by atoms with E-state index in [1.165, 1.54) is 0 Å². The van der Waals surface area contributed by atoms with E-state index in [1.54, 1.807) is 25.4 Å². The molecule has 2 heterocycles. The first-order valence-electron chi connectivity index (χ1n) is 12.6. The summed E-state index contributed by atoms with van der Waals surface area (Å²) >= 11 is 13.3. The van der Waals surface area contributed by atoms with Gasteiger partial charge in [0.25, 0.3) is 0 Å². The van der Waals surface area contributed by atoms with E-state index in [-0.39, 0.29) is 25.0 Å². The molecule has 0 radical (unpaired) electrons. The number of nitrogens with zero attached hydrogens (tertiary/aromatic N) is 2. The molecule has 7 nitrogen and oxygen atoms in total. The summed E-state index contributed by atoms with van der Waals surface area (Å²) in [5.41, 5.74) is 2.28. The molecular formula is C28H29Cl2N3O4. The number of imidazole rings is 1. The van der Waals surface area contributed by atoms with Gasteiger partial charge >= 0.3 is 5.97 Å². The molecule has 0 saturated carbocycles. The van der Waals surface area contributed by atoms with Crippen LogP contribution >= 0.6 is 23.2 Å². The van der Waals surface area contributed by atoms with Gasteiger partial charge in [0.1, 0.15) is 12.4 Å². The Morgan fingerprint density at radius 1 is 1.22 bits per heavy atom. The van der Waals surface area contributed by atoms with Crippen molar-refractivity contribution in [2.45, 2.75) is 51.7 Å². The summed E-state index contributed by atoms with van der Waals surface area (Å²) < 4.78 is 11.3. The fourth-order valence-electron chi connectivity index (χ4n) is 5.36. The van der Waals surface area contributed by atoms with Gasteiger partial charge < -0.3 is 19.4 Å². The van der Waals surface area contributed by atoms with Crippen LogP contribution in [0.5, 0.6) is 5.75 Å². The summed E-state index contributed by atoms with van der Waals surface area (Å²) in [5, 5.41) is 0.704. The molecule has 1 aliphatic carbocycles. The van der Waals surface area contributed by atoms with E-state index in [4.69, 9.17) is 32.7 Å². The Morgan fingerprint density at radius 3 is 2.70 bits per heavy atom. The van der Waals surface area contributed by atoms with Crippen molar-refractivity contribution < 1.29 is 19.1 Å². The Hall–Kier alpha value is -3.03. The number of rotatable bonds is 8. The second kappa shape index (κ2) is 10.8. The molecule has 3 aromatic rings. The van der Waals surface area contributed by atoms with Crippen molar-refractivity contribution in [3.63, 3.8) is 0 Å². The topological polar surface area (TPSA) is 84.5 Å². The maximum Gasteiger partial charge on any atom is 0.322 e. The predicted molar refractivity (Wildman–Crippen MR) is 141 cm³/mol. The number of carbonyl (C=O) groups excluding carboxylic acids is 2. The molecule has 5 rings (SSSR count). The third kappa shape index (κ3) is 5.07. The fourth-order valence-corrected chi connectivity index (χ4v) is 5.96. The van der Waals surface area contributed by atoms with Gasteiger partial charge in [-0.05, 0) is 49.4 Å². The third-order valence-electron chi connectivity index (χ3n) is 7.36. The van der Waals surface area contributed by atoms with Crippen molar-refractivity contribution in [3.05, 3.63) is 81.4 Å². The SMILES string of the molecule is CCOC(=O)C1(Cc2c(Cl)cc(OCc3ccccc3)cc2Cl)CCN(C2CCc3nc[nH]c3C2)C1=O. The number of fused-ring (bicyclic) bond motifs is 1. The molecule has 194 valence electrons. The molecule has 1 aliphatic heterocycles. The summed E-state index contributed by atoms with van der Waals surface area (Å²) in [6.07, 6.45) is 4.39. The molecule has 1 fully saturated rings. The van der Waals surface area contributed by atoms with Gasteiger partial charge in [-0.3, -0.25) is 9.59 Å². The second-order valence-corrected chi connectivity index (χ2v) is 10.4. The number of esters is 1. The fraction of sp³-hybridized carbons (Fsp3) is 0.393. The average molecular weight is 542 g/mol. The van der Waals surface area contributed by atoms with Gasteiger partial charge in [0, 0.05) is 41.2 Å². The van der Waals surface area contributed by atoms with Crippen LogP contribution in [-0.2, 0) is 40.2 Å². The largest absolute Gasteiger partial charge is 0.489 e. The van der Waals surface area contributed by atoms with Gasteiger partial charge in [-0.2, -0.15) is 0 Å². The Labute approximate surface area is 226 Å². The Balaban J connectivity index is 1.38. The van der Waals surface area contributed by atoms with E-state index in [2.05, 4.69) is 9.97 Å². The van der Waals surface area contributed by atoms with Crippen molar-refractivity contribution in [1.29, 1.82) is 0 Å². The summed E-state index contributed by atoms with van der Waals surface area (Å²) in [6.45, 7) is 2.76. The number of carbonyl (C=O) groups is 2. The molecule has 9 heteroatoms. The lowest BCUT2D eigenvalue weighted by atomic mass is 9.79. The van der Waals surface area contributed by atoms with E-state index in [9.17, 15) is 9.59 Å². The van der Waals surface area contributed by atoms with Crippen molar-refractivity contribution >= 4 is 35.1 Å². The lowest BCUT2D eigenvalue weighted by molar-refractivity contribution is -0.161. The number of benzene rings is 2. The summed E-state index contributed by atoms with van der Waals surface area (Å²) in [4.78, 5) is 36.6. The number of amides is 1. The number of nitrogens with one attached hydrogen (secondary N) is 1. The minimum absolute atomic E-state index is 0.00328. The standard InChI is InChI=1S/C28H29Cl2N3O4/c1-2-36-27(35)28(10-11-33(26(28)34)19-8-9-24-25(12-19)32-17-31-24)15-21-22(29)13-20(14-23(21)30)37-16-18-6-4-3-5-7-18/h3-7,13-14,17,19H,2,8-12,15-16H2,1H3,(H,31,32). The molecule has 1 aromatic heterocycles. The van der Waals surface area contributed by atoms with Crippen molar-refractivity contribution in [3.8, 4) is 5.75 Å². The number of aromatic nitrogens is 2. The van der Waals surface area contributed by atoms with Gasteiger partial charge in [-0.1, -0.05) is 53.5 Å². The maximum atomic E-state index is 13.9. The van der Waals surface area contributed by atoms with Crippen molar-refractivity contribution in [1.82, 2.24) is 14.9 Å². The molecule has 2 aromatic carbocycles. The monoisotopic (exact) mass is 541 g/mol. The molecular weight excluding hydrogens is 513 g/mol. The Kier molecular flexibility index (Phi) is 7.45. The minimum atomic E-state index is -1.37. The number of aryl methyl sites for hydroxylation is 1. The van der Waals surface area contributed by atoms with Crippen LogP contribution in [0, 0.1) is 5.41 Å². The summed E-state index contributed by atoms with van der Waals surface area (Å²) in [5.74, 6) is -0.239. The van der Waals surface area contributed by atoms with Crippen LogP contribution in [-0.4, -0.2) is 45.9 Å². The molecule has 1 N–H and O–H groups in total. The molecule has 2 unspecified atom stereocenters. The van der Waals surface area contributed by atoms with Crippen molar-refractivity contribution in [2.24, 2.45) is 5.41 Å². The van der Waals surface area contributed by atoms with Crippen LogP contribution < -0.4 is 4.74 Å². The van der Waals surface area contributed by atoms with Crippen molar-refractivity contribution in [2.75, 3.05) is 13.2 Å². The molecule has 1 saturated heterocycles. The molecule has 0 bridgehead atoms. The average Bonchev–Trinajstić information content (AvgIpc) is 3.50. The third-order valence-corrected chi connectivity index (χ3v) is 8.03. The highest BCUT2D eigenvalue weighted by Gasteiger charge is 2.55. The number of aromatic amines is 1. The first kappa shape index (κ1) is 25.6. The Morgan fingerprint density at radius 2 is 1.97 bits per heavy atom. The molecule has 1 amide bonds. The molecule has 2 aliphatic rings. The number of halogens is 2. The van der Waals surface area contributed by atoms with E-state index < -0.39 is 11.4 Å². The lowest BCUT2D eigenvalue weighted by Crippen LogP contribution is -2.47. The first-order valence-corrected chi connectivity index (χ1v) is 13.3. The molecule has 0 spiro atoms. The van der Waals surface area contributed by atoms with E-state index in [0.29, 0.717) is 47.4 Å². The highest BCUT2D eigenvalue weighted by atomic mass is 35.5. The zero-order valence-corrected chi connectivity index (χ0v) is 22.1. The van der Waals surface area contributed by atoms with Gasteiger partial charge in [-0.25, -0.2) is 4.98 Å². The Bertz CT molecular complexity index is 1270. The molecule has 37 heavy (non-hydrogen) atoms. The normalized spacial score (nSPS) is 21.1. The second-order valence-electron chi connectivity index (χ2n) is 9.59. The van der Waals surface area contributed by atoms with Gasteiger partial charge in [0.2, 0.25) is 5.91 Å². The van der Waals surface area contributed by atoms with E-state index in [1.807, 2.05) is 35.2 Å². The summed E-state index contributed by atoms with van der Waals surface area (Å²) in [7, 11) is 0. The van der Waals surface area contributed by atoms with E-state index in [0.717, 1.165) is 29.8 Å². The van der Waals surface area contributed by atoms with Crippen LogP contribution in [0.15, 0.2) is 48.8 Å². The smallest absolute Gasteiger partial charge is 0.322 e. The number of likely N-dealkylation sites (tertiary alicyclic amines) is 1. The highest BCUT2D eigenvalue weighted by Crippen LogP contribution is 2.43. The van der Waals surface area contributed by atoms with Crippen LogP contribution in [0.1, 0.15) is 42.3 Å². The van der Waals surface area contributed by atoms with Crippen LogP contribution in [0.4, 0.5) is 0 Å². The number of ether oxygens (including phenoxy) is 2. The zero-order chi connectivity index (χ0) is 26.0. The number of H-pyrrole nitrogens is 1. The van der Waals surface area contributed by atoms with Crippen LogP contribution in [0.3, 0.4) is 0 Å². The van der Waals surface area contributed by atoms with Crippen LogP contribution in [0.2, 0.25) is 10.0 Å². The van der Waals surface area contributed by atoms with Gasteiger partial charge in [0.05, 0.1) is 18.6 Å². The number of hydrogen-bond acceptors (Lipinski definition) is 5. The van der Waals surface area contributed by atoms with Gasteiger partial charge in [0.15, 0.2) is 5.41 Å². The van der Waals surface area contributed by atoms with E-state index >= 15 is 0 Å². The molecule has 2 atom stereocenters. The maximum absolute atomic E-state index is 13.9. The minimum Gasteiger partial charge on any atom is -0.489 e. The number of hydrogen-bond donors (Lipinski definition) is 1. The lowest BCUT2D eigenvalue weighted by Gasteiger charge is -2.33. The predicted octanol–water partition coefficient (Wildman–Crippen LogP) is 5.18. The zero-order valence-electron chi connectivity index (χ0n) is 20.6. The quantitative estimate of drug-likeness (QED) is 0.314. The first-order chi connectivity index (χ1) is 17.9. The van der Waals surface area contributed by atoms with Crippen LogP contribution in [0.25, 0.3) is 0 Å².